The summed E-state index contributed by atoms with van der Waals surface area (Å²) in [6, 6.07) is 20.8. The monoisotopic (exact) mass is 515 g/mol. The number of rotatable bonds is 8. The predicted octanol–water partition coefficient (Wildman–Crippen LogP) is 2.78. The number of benzene rings is 3. The Kier molecular flexibility index (Phi) is 8.58. The molecule has 0 atom stereocenters. The molecule has 182 valence electrons. The van der Waals surface area contributed by atoms with Gasteiger partial charge in [-0.2, -0.15) is 4.31 Å². The van der Waals surface area contributed by atoms with E-state index in [2.05, 4.69) is 10.9 Å². The number of hydrogen-bond acceptors (Lipinski definition) is 6. The molecule has 0 aromatic heterocycles. The molecular formula is C24H22ClN3O6S. The predicted molar refractivity (Wildman–Crippen MR) is 129 cm³/mol. The first kappa shape index (κ1) is 25.9. The van der Waals surface area contributed by atoms with E-state index in [4.69, 9.17) is 16.3 Å². The molecule has 0 heterocycles. The lowest BCUT2D eigenvalue weighted by Gasteiger charge is -2.18. The standard InChI is InChI=1S/C24H22ClN3O6S/c1-28(15-17-8-4-2-5-9-17)35(32,33)19-12-13-21(25)20(14-19)24(31)34-16-22(29)26-27-23(30)18-10-6-3-7-11-18/h2-14H,15-16H2,1H3,(H,26,29)(H,27,30). The highest BCUT2D eigenvalue weighted by Gasteiger charge is 2.24. The molecule has 0 aliphatic heterocycles. The highest BCUT2D eigenvalue weighted by molar-refractivity contribution is 7.89. The third-order valence-electron chi connectivity index (χ3n) is 4.80. The molecule has 0 saturated heterocycles. The van der Waals surface area contributed by atoms with Crippen molar-refractivity contribution in [3.05, 3.63) is 101 Å². The Morgan fingerprint density at radius 3 is 2.20 bits per heavy atom. The number of amides is 2. The summed E-state index contributed by atoms with van der Waals surface area (Å²) in [5, 5.41) is -0.0440. The molecule has 35 heavy (non-hydrogen) atoms. The van der Waals surface area contributed by atoms with E-state index in [1.54, 1.807) is 54.6 Å². The van der Waals surface area contributed by atoms with Gasteiger partial charge in [-0.3, -0.25) is 20.4 Å². The number of carbonyl (C=O) groups excluding carboxylic acids is 3. The minimum Gasteiger partial charge on any atom is -0.452 e. The van der Waals surface area contributed by atoms with Gasteiger partial charge in [0.25, 0.3) is 11.8 Å². The molecule has 9 nitrogen and oxygen atoms in total. The molecule has 0 unspecified atom stereocenters. The molecule has 3 rings (SSSR count). The first-order chi connectivity index (χ1) is 16.7. The van der Waals surface area contributed by atoms with Crippen LogP contribution in [0.2, 0.25) is 5.02 Å². The second-order valence-electron chi connectivity index (χ2n) is 7.33. The average Bonchev–Trinajstić information content (AvgIpc) is 2.87. The minimum absolute atomic E-state index is 0.0440. The Hall–Kier alpha value is -3.73. The lowest BCUT2D eigenvalue weighted by atomic mass is 10.2. The summed E-state index contributed by atoms with van der Waals surface area (Å²) >= 11 is 6.07. The molecule has 0 aliphatic rings. The Morgan fingerprint density at radius 1 is 0.914 bits per heavy atom. The lowest BCUT2D eigenvalue weighted by molar-refractivity contribution is -0.125. The van der Waals surface area contributed by atoms with Crippen molar-refractivity contribution in [3.63, 3.8) is 0 Å². The first-order valence-electron chi connectivity index (χ1n) is 10.3. The molecule has 0 fully saturated rings. The number of nitrogens with one attached hydrogen (secondary N) is 2. The molecule has 3 aromatic rings. The van der Waals surface area contributed by atoms with Crippen molar-refractivity contribution in [1.29, 1.82) is 0 Å². The Balaban J connectivity index is 1.61. The molecular weight excluding hydrogens is 494 g/mol. The van der Waals surface area contributed by atoms with E-state index in [9.17, 15) is 22.8 Å². The van der Waals surface area contributed by atoms with Gasteiger partial charge in [-0.05, 0) is 35.9 Å². The maximum Gasteiger partial charge on any atom is 0.340 e. The highest BCUT2D eigenvalue weighted by Crippen LogP contribution is 2.24. The van der Waals surface area contributed by atoms with Crippen molar-refractivity contribution in [1.82, 2.24) is 15.2 Å². The van der Waals surface area contributed by atoms with Gasteiger partial charge < -0.3 is 4.74 Å². The molecule has 11 heteroatoms. The zero-order valence-corrected chi connectivity index (χ0v) is 20.2. The molecule has 0 radical (unpaired) electrons. The van der Waals surface area contributed by atoms with Gasteiger partial charge >= 0.3 is 5.97 Å². The van der Waals surface area contributed by atoms with Crippen LogP contribution in [0.15, 0.2) is 83.8 Å². The van der Waals surface area contributed by atoms with E-state index < -0.39 is 34.4 Å². The van der Waals surface area contributed by atoms with Crippen LogP contribution >= 0.6 is 11.6 Å². The van der Waals surface area contributed by atoms with Crippen molar-refractivity contribution >= 4 is 39.4 Å². The van der Waals surface area contributed by atoms with E-state index in [0.29, 0.717) is 5.56 Å². The summed E-state index contributed by atoms with van der Waals surface area (Å²) in [6.45, 7) is -0.602. The summed E-state index contributed by atoms with van der Waals surface area (Å²) in [7, 11) is -2.53. The zero-order valence-electron chi connectivity index (χ0n) is 18.6. The van der Waals surface area contributed by atoms with Crippen molar-refractivity contribution in [2.75, 3.05) is 13.7 Å². The third-order valence-corrected chi connectivity index (χ3v) is 6.93. The summed E-state index contributed by atoms with van der Waals surface area (Å²) in [5.74, 6) is -2.35. The number of carbonyl (C=O) groups is 3. The molecule has 2 N–H and O–H groups in total. The minimum atomic E-state index is -3.95. The lowest BCUT2D eigenvalue weighted by Crippen LogP contribution is -2.43. The Labute approximate surface area is 207 Å². The zero-order chi connectivity index (χ0) is 25.4. The molecule has 2 amide bonds. The molecule has 0 bridgehead atoms. The average molecular weight is 516 g/mol. The fraction of sp³-hybridized carbons (Fsp3) is 0.125. The van der Waals surface area contributed by atoms with Gasteiger partial charge in [-0.25, -0.2) is 13.2 Å². The van der Waals surface area contributed by atoms with Gasteiger partial charge in [0, 0.05) is 19.2 Å². The topological polar surface area (TPSA) is 122 Å². The normalized spacial score (nSPS) is 11.1. The van der Waals surface area contributed by atoms with Gasteiger partial charge in [0.05, 0.1) is 15.5 Å². The maximum absolute atomic E-state index is 13.0. The van der Waals surface area contributed by atoms with E-state index in [1.807, 2.05) is 6.07 Å². The smallest absolute Gasteiger partial charge is 0.340 e. The van der Waals surface area contributed by atoms with Crippen LogP contribution in [0.4, 0.5) is 0 Å². The van der Waals surface area contributed by atoms with E-state index >= 15 is 0 Å². The van der Waals surface area contributed by atoms with Crippen LogP contribution in [0, 0.1) is 0 Å². The molecule has 3 aromatic carbocycles. The number of sulfonamides is 1. The van der Waals surface area contributed by atoms with Gasteiger partial charge in [-0.1, -0.05) is 60.1 Å². The van der Waals surface area contributed by atoms with Crippen LogP contribution < -0.4 is 10.9 Å². The third kappa shape index (κ3) is 6.89. The van der Waals surface area contributed by atoms with E-state index in [1.165, 1.54) is 19.2 Å². The number of halogens is 1. The molecule has 0 aliphatic carbocycles. The van der Waals surface area contributed by atoms with Crippen molar-refractivity contribution in [2.45, 2.75) is 11.4 Å². The van der Waals surface area contributed by atoms with Crippen LogP contribution in [0.5, 0.6) is 0 Å². The summed E-state index contributed by atoms with van der Waals surface area (Å²) in [5.41, 5.74) is 5.21. The second kappa shape index (κ2) is 11.6. The maximum atomic E-state index is 13.0. The van der Waals surface area contributed by atoms with Gasteiger partial charge in [-0.15, -0.1) is 0 Å². The largest absolute Gasteiger partial charge is 0.452 e. The summed E-state index contributed by atoms with van der Waals surface area (Å²) in [4.78, 5) is 36.2. The van der Waals surface area contributed by atoms with Gasteiger partial charge in [0.2, 0.25) is 10.0 Å². The van der Waals surface area contributed by atoms with E-state index in [0.717, 1.165) is 15.9 Å². The summed E-state index contributed by atoms with van der Waals surface area (Å²) in [6.07, 6.45) is 0. The second-order valence-corrected chi connectivity index (χ2v) is 9.78. The van der Waals surface area contributed by atoms with Crippen LogP contribution in [0.25, 0.3) is 0 Å². The Bertz CT molecular complexity index is 1320. The SMILES string of the molecule is CN(Cc1ccccc1)S(=O)(=O)c1ccc(Cl)c(C(=O)OCC(=O)NNC(=O)c2ccccc2)c1. The van der Waals surface area contributed by atoms with Crippen LogP contribution in [0.1, 0.15) is 26.3 Å². The number of esters is 1. The van der Waals surface area contributed by atoms with E-state index in [-0.39, 0.29) is 22.0 Å². The summed E-state index contributed by atoms with van der Waals surface area (Å²) < 4.78 is 32.0. The van der Waals surface area contributed by atoms with Crippen molar-refractivity contribution < 1.29 is 27.5 Å². The fourth-order valence-corrected chi connectivity index (χ4v) is 4.34. The number of hydrazine groups is 1. The van der Waals surface area contributed by atoms with Crippen molar-refractivity contribution in [3.8, 4) is 0 Å². The van der Waals surface area contributed by atoms with Crippen molar-refractivity contribution in [2.24, 2.45) is 0 Å². The Morgan fingerprint density at radius 2 is 1.54 bits per heavy atom. The first-order valence-corrected chi connectivity index (χ1v) is 12.1. The van der Waals surface area contributed by atoms with Gasteiger partial charge in [0.15, 0.2) is 6.61 Å². The highest BCUT2D eigenvalue weighted by atomic mass is 35.5. The quantitative estimate of drug-likeness (QED) is 0.351. The number of nitrogens with zero attached hydrogens (tertiary/aromatic N) is 1. The van der Waals surface area contributed by atoms with Crippen LogP contribution in [-0.2, 0) is 26.1 Å². The van der Waals surface area contributed by atoms with Gasteiger partial charge in [0.1, 0.15) is 0 Å². The number of ether oxygens (including phenoxy) is 1. The van der Waals surface area contributed by atoms with Crippen LogP contribution in [-0.4, -0.2) is 44.2 Å². The fourth-order valence-electron chi connectivity index (χ4n) is 2.96. The number of hydrogen-bond donors (Lipinski definition) is 2. The van der Waals surface area contributed by atoms with Crippen LogP contribution in [0.3, 0.4) is 0 Å². The molecule has 0 spiro atoms. The molecule has 0 saturated carbocycles.